The van der Waals surface area contributed by atoms with Crippen LogP contribution in [0.1, 0.15) is 32.3 Å². The number of nitrogens with one attached hydrogen (secondary N) is 1. The largest absolute Gasteiger partial charge is 0.494 e. The van der Waals surface area contributed by atoms with Crippen LogP contribution in [-0.4, -0.2) is 18.6 Å². The molecular formula is C15H19ClN2O. The maximum Gasteiger partial charge on any atom is 0.145 e. The van der Waals surface area contributed by atoms with Gasteiger partial charge in [-0.25, -0.2) is 4.98 Å². The predicted molar refractivity (Wildman–Crippen MR) is 81.6 cm³/mol. The summed E-state index contributed by atoms with van der Waals surface area (Å²) in [5.41, 5.74) is 1.97. The Morgan fingerprint density at radius 2 is 2.11 bits per heavy atom. The number of rotatable bonds is 4. The summed E-state index contributed by atoms with van der Waals surface area (Å²) in [6.45, 7) is 7.20. The molecule has 0 unspecified atom stereocenters. The van der Waals surface area contributed by atoms with Crippen LogP contribution < -0.4 is 10.1 Å². The zero-order valence-corrected chi connectivity index (χ0v) is 12.5. The van der Waals surface area contributed by atoms with Gasteiger partial charge in [0.2, 0.25) is 0 Å². The number of nitrogens with zero attached hydrogens (tertiary/aromatic N) is 1. The molecule has 1 N–H and O–H groups in total. The number of ether oxygens (including phenoxy) is 1. The van der Waals surface area contributed by atoms with Gasteiger partial charge in [-0.3, -0.25) is 0 Å². The molecule has 4 heteroatoms. The van der Waals surface area contributed by atoms with E-state index in [4.69, 9.17) is 21.3 Å². The summed E-state index contributed by atoms with van der Waals surface area (Å²) >= 11 is 6.28. The highest BCUT2D eigenvalue weighted by molar-refractivity contribution is 6.35. The van der Waals surface area contributed by atoms with Crippen molar-refractivity contribution in [1.82, 2.24) is 4.98 Å². The highest BCUT2D eigenvalue weighted by atomic mass is 35.5. The molecule has 2 rings (SSSR count). The van der Waals surface area contributed by atoms with Crippen LogP contribution in [-0.2, 0) is 0 Å². The molecule has 0 aliphatic carbocycles. The van der Waals surface area contributed by atoms with Crippen molar-refractivity contribution in [2.24, 2.45) is 0 Å². The SMILES string of the molecule is CCNc1nc2c(OC)ccc(Cl)c2cc1C(C)C. The van der Waals surface area contributed by atoms with E-state index in [1.54, 1.807) is 7.11 Å². The molecule has 102 valence electrons. The predicted octanol–water partition coefficient (Wildman–Crippen LogP) is 4.45. The van der Waals surface area contributed by atoms with Gasteiger partial charge < -0.3 is 10.1 Å². The minimum Gasteiger partial charge on any atom is -0.494 e. The van der Waals surface area contributed by atoms with Gasteiger partial charge >= 0.3 is 0 Å². The maximum absolute atomic E-state index is 6.28. The lowest BCUT2D eigenvalue weighted by molar-refractivity contribution is 0.419. The third kappa shape index (κ3) is 2.61. The third-order valence-corrected chi connectivity index (χ3v) is 3.44. The summed E-state index contributed by atoms with van der Waals surface area (Å²) in [5.74, 6) is 2.03. The Bertz CT molecular complexity index is 596. The van der Waals surface area contributed by atoms with Crippen molar-refractivity contribution in [3.05, 3.63) is 28.8 Å². The average molecular weight is 279 g/mol. The number of methoxy groups -OCH3 is 1. The molecule has 0 aliphatic heterocycles. The van der Waals surface area contributed by atoms with Crippen molar-refractivity contribution in [2.45, 2.75) is 26.7 Å². The van der Waals surface area contributed by atoms with Gasteiger partial charge in [-0.1, -0.05) is 25.4 Å². The first-order chi connectivity index (χ1) is 9.08. The number of halogens is 1. The van der Waals surface area contributed by atoms with Crippen LogP contribution in [0.5, 0.6) is 5.75 Å². The van der Waals surface area contributed by atoms with Gasteiger partial charge in [0, 0.05) is 11.9 Å². The lowest BCUT2D eigenvalue weighted by Gasteiger charge is -2.16. The van der Waals surface area contributed by atoms with E-state index in [0.29, 0.717) is 10.9 Å². The Hall–Kier alpha value is -1.48. The maximum atomic E-state index is 6.28. The molecule has 0 saturated carbocycles. The normalized spacial score (nSPS) is 11.1. The van der Waals surface area contributed by atoms with Crippen LogP contribution in [0.15, 0.2) is 18.2 Å². The summed E-state index contributed by atoms with van der Waals surface area (Å²) in [4.78, 5) is 4.70. The zero-order chi connectivity index (χ0) is 14.0. The molecular weight excluding hydrogens is 260 g/mol. The van der Waals surface area contributed by atoms with Gasteiger partial charge in [0.05, 0.1) is 12.1 Å². The second-order valence-electron chi connectivity index (χ2n) is 4.76. The molecule has 0 saturated heterocycles. The van der Waals surface area contributed by atoms with Crippen molar-refractivity contribution in [1.29, 1.82) is 0 Å². The van der Waals surface area contributed by atoms with Gasteiger partial charge in [0.25, 0.3) is 0 Å². The Balaban J connectivity index is 2.76. The molecule has 0 atom stereocenters. The number of fused-ring (bicyclic) bond motifs is 1. The molecule has 0 spiro atoms. The van der Waals surface area contributed by atoms with Crippen LogP contribution in [0.2, 0.25) is 5.02 Å². The average Bonchev–Trinajstić information content (AvgIpc) is 2.39. The van der Waals surface area contributed by atoms with Gasteiger partial charge in [0.15, 0.2) is 0 Å². The van der Waals surface area contributed by atoms with Gasteiger partial charge in [-0.2, -0.15) is 0 Å². The second kappa shape index (κ2) is 5.66. The van der Waals surface area contributed by atoms with E-state index in [0.717, 1.165) is 29.0 Å². The van der Waals surface area contributed by atoms with E-state index >= 15 is 0 Å². The fraction of sp³-hybridized carbons (Fsp3) is 0.400. The van der Waals surface area contributed by atoms with Gasteiger partial charge in [0.1, 0.15) is 17.1 Å². The van der Waals surface area contributed by atoms with Gasteiger partial charge in [-0.15, -0.1) is 0 Å². The lowest BCUT2D eigenvalue weighted by Crippen LogP contribution is -2.05. The first-order valence-electron chi connectivity index (χ1n) is 6.49. The van der Waals surface area contributed by atoms with Crippen LogP contribution in [0, 0.1) is 0 Å². The summed E-state index contributed by atoms with van der Waals surface area (Å²) in [7, 11) is 1.65. The van der Waals surface area contributed by atoms with Crippen molar-refractivity contribution in [2.75, 3.05) is 19.0 Å². The Morgan fingerprint density at radius 3 is 2.68 bits per heavy atom. The van der Waals surface area contributed by atoms with Crippen LogP contribution in [0.25, 0.3) is 10.9 Å². The smallest absolute Gasteiger partial charge is 0.145 e. The van der Waals surface area contributed by atoms with E-state index in [-0.39, 0.29) is 0 Å². The molecule has 0 radical (unpaired) electrons. The Labute approximate surface area is 118 Å². The molecule has 1 aromatic carbocycles. The number of benzene rings is 1. The minimum absolute atomic E-state index is 0.383. The van der Waals surface area contributed by atoms with Crippen molar-refractivity contribution in [3.8, 4) is 5.75 Å². The van der Waals surface area contributed by atoms with E-state index in [2.05, 4.69) is 32.2 Å². The Morgan fingerprint density at radius 1 is 1.37 bits per heavy atom. The molecule has 0 fully saturated rings. The summed E-state index contributed by atoms with van der Waals surface area (Å²) < 4.78 is 5.37. The molecule has 0 bridgehead atoms. The molecule has 1 heterocycles. The monoisotopic (exact) mass is 278 g/mol. The second-order valence-corrected chi connectivity index (χ2v) is 5.16. The number of aromatic nitrogens is 1. The molecule has 0 aliphatic rings. The molecule has 1 aromatic heterocycles. The zero-order valence-electron chi connectivity index (χ0n) is 11.7. The number of hydrogen-bond donors (Lipinski definition) is 1. The van der Waals surface area contributed by atoms with E-state index in [1.165, 1.54) is 5.56 Å². The molecule has 0 amide bonds. The standard InChI is InChI=1S/C15H19ClN2O/c1-5-17-15-10(9(2)3)8-11-12(16)6-7-13(19-4)14(11)18-15/h6-9H,5H2,1-4H3,(H,17,18). The topological polar surface area (TPSA) is 34.2 Å². The van der Waals surface area contributed by atoms with Crippen LogP contribution in [0.3, 0.4) is 0 Å². The third-order valence-electron chi connectivity index (χ3n) is 3.11. The fourth-order valence-electron chi connectivity index (χ4n) is 2.13. The minimum atomic E-state index is 0.383. The van der Waals surface area contributed by atoms with E-state index < -0.39 is 0 Å². The first-order valence-corrected chi connectivity index (χ1v) is 6.87. The molecule has 3 nitrogen and oxygen atoms in total. The number of hydrogen-bond acceptors (Lipinski definition) is 3. The highest BCUT2D eigenvalue weighted by Crippen LogP contribution is 2.35. The van der Waals surface area contributed by atoms with E-state index in [1.807, 2.05) is 12.1 Å². The summed E-state index contributed by atoms with van der Waals surface area (Å²) in [5, 5.41) is 4.95. The van der Waals surface area contributed by atoms with Crippen molar-refractivity contribution < 1.29 is 4.74 Å². The number of anilines is 1. The highest BCUT2D eigenvalue weighted by Gasteiger charge is 2.14. The quantitative estimate of drug-likeness (QED) is 0.897. The van der Waals surface area contributed by atoms with Crippen LogP contribution in [0.4, 0.5) is 5.82 Å². The summed E-state index contributed by atoms with van der Waals surface area (Å²) in [6, 6.07) is 5.81. The fourth-order valence-corrected chi connectivity index (χ4v) is 2.34. The molecule has 19 heavy (non-hydrogen) atoms. The van der Waals surface area contributed by atoms with Crippen molar-refractivity contribution >= 4 is 28.3 Å². The summed E-state index contributed by atoms with van der Waals surface area (Å²) in [6.07, 6.45) is 0. The van der Waals surface area contributed by atoms with Crippen LogP contribution >= 0.6 is 11.6 Å². The lowest BCUT2D eigenvalue weighted by atomic mass is 10.0. The number of pyridine rings is 1. The van der Waals surface area contributed by atoms with Gasteiger partial charge in [-0.05, 0) is 36.6 Å². The Kier molecular flexibility index (Phi) is 4.15. The first kappa shape index (κ1) is 13.9. The molecule has 2 aromatic rings. The van der Waals surface area contributed by atoms with Crippen molar-refractivity contribution in [3.63, 3.8) is 0 Å². The van der Waals surface area contributed by atoms with E-state index in [9.17, 15) is 0 Å².